The Hall–Kier alpha value is -1.42. The van der Waals surface area contributed by atoms with Gasteiger partial charge >= 0.3 is 0 Å². The number of hydrogen-bond acceptors (Lipinski definition) is 3. The fourth-order valence-electron chi connectivity index (χ4n) is 1.91. The molecule has 0 unspecified atom stereocenters. The minimum absolute atomic E-state index is 0.00686. The number of hydrogen-bond donors (Lipinski definition) is 2. The van der Waals surface area contributed by atoms with Gasteiger partial charge in [0.2, 0.25) is 0 Å². The van der Waals surface area contributed by atoms with Crippen LogP contribution in [0, 0.1) is 12.3 Å². The number of nitrogens with two attached hydrogens (primary N) is 1. The van der Waals surface area contributed by atoms with Gasteiger partial charge in [0.25, 0.3) is 5.91 Å². The molecule has 0 atom stereocenters. The Morgan fingerprint density at radius 1 is 1.39 bits per heavy atom. The first-order valence-corrected chi connectivity index (χ1v) is 6.47. The Morgan fingerprint density at radius 2 is 2.06 bits per heavy atom. The third kappa shape index (κ3) is 3.53. The van der Waals surface area contributed by atoms with Crippen molar-refractivity contribution in [3.05, 3.63) is 29.6 Å². The molecule has 0 saturated carbocycles. The van der Waals surface area contributed by atoms with E-state index in [1.54, 1.807) is 12.4 Å². The van der Waals surface area contributed by atoms with E-state index in [4.69, 9.17) is 5.73 Å². The number of aromatic nitrogens is 1. The molecule has 4 nitrogen and oxygen atoms in total. The maximum absolute atomic E-state index is 12.0. The zero-order valence-corrected chi connectivity index (χ0v) is 11.5. The summed E-state index contributed by atoms with van der Waals surface area (Å²) in [6.45, 7) is 7.34. The lowest BCUT2D eigenvalue weighted by Crippen LogP contribution is -2.41. The summed E-state index contributed by atoms with van der Waals surface area (Å²) < 4.78 is 0. The zero-order valence-electron chi connectivity index (χ0n) is 11.5. The molecule has 0 radical (unpaired) electrons. The molecule has 0 saturated heterocycles. The van der Waals surface area contributed by atoms with Gasteiger partial charge in [-0.3, -0.25) is 9.78 Å². The van der Waals surface area contributed by atoms with Crippen molar-refractivity contribution in [2.75, 3.05) is 13.1 Å². The Bertz CT molecular complexity index is 392. The summed E-state index contributed by atoms with van der Waals surface area (Å²) in [5, 5.41) is 2.96. The van der Waals surface area contributed by atoms with Crippen LogP contribution in [0.3, 0.4) is 0 Å². The summed E-state index contributed by atoms with van der Waals surface area (Å²) in [5.41, 5.74) is 7.41. The van der Waals surface area contributed by atoms with Crippen molar-refractivity contribution in [2.45, 2.75) is 33.6 Å². The number of nitrogens with one attached hydrogen (secondary N) is 1. The molecule has 1 amide bonds. The van der Waals surface area contributed by atoms with Gasteiger partial charge in [-0.15, -0.1) is 0 Å². The summed E-state index contributed by atoms with van der Waals surface area (Å²) in [6, 6.07) is 1.84. The molecule has 0 aliphatic heterocycles. The van der Waals surface area contributed by atoms with E-state index < -0.39 is 0 Å². The summed E-state index contributed by atoms with van der Waals surface area (Å²) in [5.74, 6) is -0.0778. The van der Waals surface area contributed by atoms with E-state index in [0.717, 1.165) is 18.4 Å². The lowest BCUT2D eigenvalue weighted by Gasteiger charge is -2.30. The van der Waals surface area contributed by atoms with E-state index in [2.05, 4.69) is 24.1 Å². The first-order valence-electron chi connectivity index (χ1n) is 6.47. The molecule has 1 rings (SSSR count). The topological polar surface area (TPSA) is 68.0 Å². The van der Waals surface area contributed by atoms with Gasteiger partial charge < -0.3 is 11.1 Å². The standard InChI is InChI=1S/C14H23N3O/c1-4-14(5-2,9-15)10-17-13(18)12-6-11(3)7-16-8-12/h6-8H,4-5,9-10,15H2,1-3H3,(H,17,18). The van der Waals surface area contributed by atoms with E-state index in [1.165, 1.54) is 0 Å². The van der Waals surface area contributed by atoms with E-state index in [1.807, 2.05) is 13.0 Å². The zero-order chi connectivity index (χ0) is 13.6. The average Bonchev–Trinajstić information content (AvgIpc) is 2.40. The monoisotopic (exact) mass is 249 g/mol. The highest BCUT2D eigenvalue weighted by Gasteiger charge is 2.25. The van der Waals surface area contributed by atoms with Crippen LogP contribution in [0.1, 0.15) is 42.6 Å². The summed E-state index contributed by atoms with van der Waals surface area (Å²) in [7, 11) is 0. The maximum Gasteiger partial charge on any atom is 0.252 e. The average molecular weight is 249 g/mol. The largest absolute Gasteiger partial charge is 0.351 e. The van der Waals surface area contributed by atoms with Crippen LogP contribution in [-0.4, -0.2) is 24.0 Å². The number of amides is 1. The minimum atomic E-state index is -0.0778. The van der Waals surface area contributed by atoms with Crippen molar-refractivity contribution in [3.63, 3.8) is 0 Å². The molecule has 18 heavy (non-hydrogen) atoms. The molecule has 1 heterocycles. The van der Waals surface area contributed by atoms with Crippen molar-refractivity contribution < 1.29 is 4.79 Å². The lowest BCUT2D eigenvalue weighted by molar-refractivity contribution is 0.0927. The molecular formula is C14H23N3O. The Kier molecular flexibility index (Phi) is 5.28. The van der Waals surface area contributed by atoms with Gasteiger partial charge in [0.05, 0.1) is 5.56 Å². The van der Waals surface area contributed by atoms with Crippen LogP contribution in [0.15, 0.2) is 18.5 Å². The second-order valence-corrected chi connectivity index (χ2v) is 4.84. The Labute approximate surface area is 109 Å². The van der Waals surface area contributed by atoms with Crippen molar-refractivity contribution in [3.8, 4) is 0 Å². The van der Waals surface area contributed by atoms with E-state index in [0.29, 0.717) is 18.7 Å². The van der Waals surface area contributed by atoms with Crippen LogP contribution < -0.4 is 11.1 Å². The molecule has 0 aliphatic rings. The van der Waals surface area contributed by atoms with E-state index >= 15 is 0 Å². The van der Waals surface area contributed by atoms with Gasteiger partial charge in [0.15, 0.2) is 0 Å². The summed E-state index contributed by atoms with van der Waals surface area (Å²) in [4.78, 5) is 16.0. The lowest BCUT2D eigenvalue weighted by atomic mass is 9.82. The predicted molar refractivity (Wildman–Crippen MR) is 73.4 cm³/mol. The number of rotatable bonds is 6. The van der Waals surface area contributed by atoms with E-state index in [9.17, 15) is 4.79 Å². The number of carbonyl (C=O) groups excluding carboxylic acids is 1. The molecular weight excluding hydrogens is 226 g/mol. The Morgan fingerprint density at radius 3 is 2.56 bits per heavy atom. The van der Waals surface area contributed by atoms with Crippen LogP contribution in [0.4, 0.5) is 0 Å². The fourth-order valence-corrected chi connectivity index (χ4v) is 1.91. The molecule has 3 N–H and O–H groups in total. The highest BCUT2D eigenvalue weighted by molar-refractivity contribution is 5.94. The van der Waals surface area contributed by atoms with Crippen LogP contribution in [0.2, 0.25) is 0 Å². The quantitative estimate of drug-likeness (QED) is 0.809. The van der Waals surface area contributed by atoms with Gasteiger partial charge in [0.1, 0.15) is 0 Å². The second kappa shape index (κ2) is 6.50. The van der Waals surface area contributed by atoms with Crippen molar-refractivity contribution in [1.82, 2.24) is 10.3 Å². The first kappa shape index (κ1) is 14.6. The molecule has 0 aromatic carbocycles. The van der Waals surface area contributed by atoms with E-state index in [-0.39, 0.29) is 11.3 Å². The van der Waals surface area contributed by atoms with Crippen LogP contribution in [0.25, 0.3) is 0 Å². The third-order valence-corrected chi connectivity index (χ3v) is 3.69. The fraction of sp³-hybridized carbons (Fsp3) is 0.571. The van der Waals surface area contributed by atoms with Gasteiger partial charge in [0, 0.05) is 18.9 Å². The predicted octanol–water partition coefficient (Wildman–Crippen LogP) is 1.88. The third-order valence-electron chi connectivity index (χ3n) is 3.69. The van der Waals surface area contributed by atoms with Crippen molar-refractivity contribution >= 4 is 5.91 Å². The molecule has 1 aromatic heterocycles. The Balaban J connectivity index is 2.66. The normalized spacial score (nSPS) is 11.3. The molecule has 0 spiro atoms. The van der Waals surface area contributed by atoms with Crippen LogP contribution in [-0.2, 0) is 0 Å². The number of carbonyl (C=O) groups is 1. The SMILES string of the molecule is CCC(CC)(CN)CNC(=O)c1cncc(C)c1. The first-order chi connectivity index (χ1) is 8.56. The van der Waals surface area contributed by atoms with Gasteiger partial charge in [-0.25, -0.2) is 0 Å². The van der Waals surface area contributed by atoms with Crippen LogP contribution in [0.5, 0.6) is 0 Å². The van der Waals surface area contributed by atoms with Crippen molar-refractivity contribution in [2.24, 2.45) is 11.1 Å². The molecule has 100 valence electrons. The number of aryl methyl sites for hydroxylation is 1. The maximum atomic E-state index is 12.0. The molecule has 4 heteroatoms. The van der Waals surface area contributed by atoms with Gasteiger partial charge in [-0.05, 0) is 43.4 Å². The molecule has 0 fully saturated rings. The summed E-state index contributed by atoms with van der Waals surface area (Å²) >= 11 is 0. The summed E-state index contributed by atoms with van der Waals surface area (Å²) in [6.07, 6.45) is 5.25. The number of nitrogens with zero attached hydrogens (tertiary/aromatic N) is 1. The second-order valence-electron chi connectivity index (χ2n) is 4.84. The highest BCUT2D eigenvalue weighted by atomic mass is 16.1. The molecule has 0 aliphatic carbocycles. The number of pyridine rings is 1. The minimum Gasteiger partial charge on any atom is -0.351 e. The highest BCUT2D eigenvalue weighted by Crippen LogP contribution is 2.23. The molecule has 1 aromatic rings. The van der Waals surface area contributed by atoms with Crippen LogP contribution >= 0.6 is 0 Å². The van der Waals surface area contributed by atoms with Gasteiger partial charge in [-0.1, -0.05) is 13.8 Å². The van der Waals surface area contributed by atoms with Gasteiger partial charge in [-0.2, -0.15) is 0 Å². The molecule has 0 bridgehead atoms. The van der Waals surface area contributed by atoms with Crippen molar-refractivity contribution in [1.29, 1.82) is 0 Å². The smallest absolute Gasteiger partial charge is 0.252 e.